The lowest BCUT2D eigenvalue weighted by Gasteiger charge is -2.13. The fourth-order valence-electron chi connectivity index (χ4n) is 1.35. The maximum Gasteiger partial charge on any atom is 0.158 e. The van der Waals surface area contributed by atoms with Crippen LogP contribution in [0.2, 0.25) is 0 Å². The number of hydrogen-bond acceptors (Lipinski definition) is 1. The molecule has 0 aromatic heterocycles. The van der Waals surface area contributed by atoms with Gasteiger partial charge >= 0.3 is 0 Å². The maximum atomic E-state index is 5.98. The fraction of sp³-hybridized carbons (Fsp3) is 0. The Morgan fingerprint density at radius 1 is 0.550 bits per heavy atom. The van der Waals surface area contributed by atoms with Crippen molar-refractivity contribution in [1.29, 1.82) is 0 Å². The molecule has 0 saturated carbocycles. The molecule has 8 heteroatoms. The summed E-state index contributed by atoms with van der Waals surface area (Å²) in [5, 5.41) is 0. The van der Waals surface area contributed by atoms with Crippen molar-refractivity contribution in [2.75, 3.05) is 0 Å². The zero-order valence-corrected chi connectivity index (χ0v) is 20.4. The molecule has 106 valence electrons. The SMILES string of the molecule is Brc1cc(Oc2c(Br)c(Br)cc(Br)c2Br)cc(Br)c1Br. The minimum atomic E-state index is 0.687. The molecule has 0 fully saturated rings. The quantitative estimate of drug-likeness (QED) is 0.223. The summed E-state index contributed by atoms with van der Waals surface area (Å²) in [7, 11) is 0. The van der Waals surface area contributed by atoms with Gasteiger partial charge in [0.2, 0.25) is 0 Å². The molecular formula is C12H3Br7O. The van der Waals surface area contributed by atoms with Crippen molar-refractivity contribution in [3.05, 3.63) is 49.5 Å². The molecule has 0 unspecified atom stereocenters. The summed E-state index contributed by atoms with van der Waals surface area (Å²) >= 11 is 24.4. The third-order valence-electron chi connectivity index (χ3n) is 2.25. The second kappa shape index (κ2) is 7.45. The van der Waals surface area contributed by atoms with E-state index in [1.807, 2.05) is 18.2 Å². The highest BCUT2D eigenvalue weighted by Crippen LogP contribution is 2.46. The standard InChI is InChI=1S/C12H3Br7O/c13-5-1-4(2-6(14)9(5)17)20-12-10(18)7(15)3-8(16)11(12)19/h1-3H. The molecule has 0 bridgehead atoms. The van der Waals surface area contributed by atoms with Crippen LogP contribution in [0.3, 0.4) is 0 Å². The van der Waals surface area contributed by atoms with Gasteiger partial charge in [0.25, 0.3) is 0 Å². The topological polar surface area (TPSA) is 9.23 Å². The van der Waals surface area contributed by atoms with Crippen molar-refractivity contribution in [2.24, 2.45) is 0 Å². The second-order valence-electron chi connectivity index (χ2n) is 3.60. The van der Waals surface area contributed by atoms with E-state index in [-0.39, 0.29) is 0 Å². The van der Waals surface area contributed by atoms with E-state index in [0.717, 1.165) is 31.3 Å². The minimum Gasteiger partial charge on any atom is -0.455 e. The number of hydrogen-bond donors (Lipinski definition) is 0. The molecule has 1 nitrogen and oxygen atoms in total. The Hall–Kier alpha value is 1.60. The van der Waals surface area contributed by atoms with Crippen molar-refractivity contribution in [3.8, 4) is 11.5 Å². The number of halogens is 7. The molecule has 0 spiro atoms. The first-order valence-corrected chi connectivity index (χ1v) is 10.5. The van der Waals surface area contributed by atoms with Crippen LogP contribution >= 0.6 is 112 Å². The summed E-state index contributed by atoms with van der Waals surface area (Å²) in [6.07, 6.45) is 0. The van der Waals surface area contributed by atoms with E-state index in [9.17, 15) is 0 Å². The highest BCUT2D eigenvalue weighted by atomic mass is 79.9. The summed E-state index contributed by atoms with van der Waals surface area (Å²) in [6, 6.07) is 5.72. The Morgan fingerprint density at radius 2 is 0.950 bits per heavy atom. The van der Waals surface area contributed by atoms with Gasteiger partial charge in [-0.2, -0.15) is 0 Å². The molecule has 0 heterocycles. The molecule has 2 rings (SSSR count). The average Bonchev–Trinajstić information content (AvgIpc) is 2.38. The van der Waals surface area contributed by atoms with Crippen LogP contribution in [0.4, 0.5) is 0 Å². The molecule has 20 heavy (non-hydrogen) atoms. The first-order valence-electron chi connectivity index (χ1n) is 4.96. The Bertz CT molecular complexity index is 635. The van der Waals surface area contributed by atoms with Crippen LogP contribution in [0.5, 0.6) is 11.5 Å². The molecule has 0 atom stereocenters. The molecule has 2 aromatic carbocycles. The highest BCUT2D eigenvalue weighted by Gasteiger charge is 2.16. The minimum absolute atomic E-state index is 0.687. The predicted octanol–water partition coefficient (Wildman–Crippen LogP) is 8.82. The number of rotatable bonds is 2. The van der Waals surface area contributed by atoms with Gasteiger partial charge in [0.15, 0.2) is 5.75 Å². The molecule has 0 N–H and O–H groups in total. The smallest absolute Gasteiger partial charge is 0.158 e. The van der Waals surface area contributed by atoms with E-state index in [1.165, 1.54) is 0 Å². The highest BCUT2D eigenvalue weighted by molar-refractivity contribution is 9.14. The number of benzene rings is 2. The normalized spacial score (nSPS) is 10.8. The summed E-state index contributed by atoms with van der Waals surface area (Å²) in [4.78, 5) is 0. The Morgan fingerprint density at radius 3 is 1.40 bits per heavy atom. The maximum absolute atomic E-state index is 5.98. The largest absolute Gasteiger partial charge is 0.455 e. The lowest BCUT2D eigenvalue weighted by atomic mass is 10.3. The average molecular weight is 722 g/mol. The van der Waals surface area contributed by atoms with Crippen molar-refractivity contribution in [3.63, 3.8) is 0 Å². The summed E-state index contributed by atoms with van der Waals surface area (Å²) in [5.41, 5.74) is 0. The first kappa shape index (κ1) is 17.9. The Kier molecular flexibility index (Phi) is 6.68. The lowest BCUT2D eigenvalue weighted by Crippen LogP contribution is -1.90. The van der Waals surface area contributed by atoms with Gasteiger partial charge in [0, 0.05) is 22.4 Å². The van der Waals surface area contributed by atoms with Crippen molar-refractivity contribution >= 4 is 112 Å². The zero-order valence-electron chi connectivity index (χ0n) is 9.29. The van der Waals surface area contributed by atoms with E-state index < -0.39 is 0 Å². The van der Waals surface area contributed by atoms with Crippen molar-refractivity contribution < 1.29 is 4.74 Å². The van der Waals surface area contributed by atoms with Crippen LogP contribution in [-0.4, -0.2) is 0 Å². The summed E-state index contributed by atoms with van der Waals surface area (Å²) in [6.45, 7) is 0. The fourth-order valence-corrected chi connectivity index (χ4v) is 4.90. The van der Waals surface area contributed by atoms with Crippen LogP contribution in [0.1, 0.15) is 0 Å². The van der Waals surface area contributed by atoms with Crippen molar-refractivity contribution in [1.82, 2.24) is 0 Å². The van der Waals surface area contributed by atoms with E-state index in [2.05, 4.69) is 112 Å². The van der Waals surface area contributed by atoms with Gasteiger partial charge in [0.05, 0.1) is 8.95 Å². The molecule has 0 radical (unpaired) electrons. The van der Waals surface area contributed by atoms with Crippen molar-refractivity contribution in [2.45, 2.75) is 0 Å². The van der Waals surface area contributed by atoms with Gasteiger partial charge < -0.3 is 4.74 Å². The third-order valence-corrected chi connectivity index (χ3v) is 9.31. The van der Waals surface area contributed by atoms with Gasteiger partial charge in [0.1, 0.15) is 5.75 Å². The van der Waals surface area contributed by atoms with E-state index in [0.29, 0.717) is 11.5 Å². The molecule has 0 aliphatic heterocycles. The third kappa shape index (κ3) is 3.92. The molecule has 0 aliphatic rings. The van der Waals surface area contributed by atoms with E-state index >= 15 is 0 Å². The summed E-state index contributed by atoms with van der Waals surface area (Å²) in [5.74, 6) is 1.39. The molecule has 0 saturated heterocycles. The van der Waals surface area contributed by atoms with Crippen LogP contribution in [0.15, 0.2) is 49.5 Å². The molecule has 2 aromatic rings. The molecule has 0 amide bonds. The summed E-state index contributed by atoms with van der Waals surface area (Å²) < 4.78 is 12.2. The Labute approximate surface area is 175 Å². The van der Waals surface area contributed by atoms with E-state index in [1.54, 1.807) is 0 Å². The second-order valence-corrected chi connectivity index (χ2v) is 9.40. The lowest BCUT2D eigenvalue weighted by molar-refractivity contribution is 0.475. The predicted molar refractivity (Wildman–Crippen MR) is 107 cm³/mol. The monoisotopic (exact) mass is 715 g/mol. The van der Waals surface area contributed by atoms with Gasteiger partial charge in [-0.25, -0.2) is 0 Å². The first-order chi connectivity index (χ1) is 9.31. The molecular weight excluding hydrogens is 719 g/mol. The van der Waals surface area contributed by atoms with Crippen LogP contribution < -0.4 is 4.74 Å². The molecule has 0 aliphatic carbocycles. The van der Waals surface area contributed by atoms with E-state index in [4.69, 9.17) is 4.74 Å². The van der Waals surface area contributed by atoms with Gasteiger partial charge in [-0.15, -0.1) is 0 Å². The van der Waals surface area contributed by atoms with Gasteiger partial charge in [-0.1, -0.05) is 0 Å². The Balaban J connectivity index is 2.50. The van der Waals surface area contributed by atoms with Crippen LogP contribution in [0.25, 0.3) is 0 Å². The van der Waals surface area contributed by atoms with Gasteiger partial charge in [-0.3, -0.25) is 0 Å². The number of ether oxygens (including phenoxy) is 1. The van der Waals surface area contributed by atoms with Crippen LogP contribution in [0, 0.1) is 0 Å². The van der Waals surface area contributed by atoms with Crippen LogP contribution in [-0.2, 0) is 0 Å². The zero-order chi connectivity index (χ0) is 15.0. The van der Waals surface area contributed by atoms with Gasteiger partial charge in [-0.05, 0) is 130 Å².